The summed E-state index contributed by atoms with van der Waals surface area (Å²) in [6, 6.07) is 1.53. The van der Waals surface area contributed by atoms with Gasteiger partial charge in [-0.15, -0.1) is 0 Å². The molecule has 2 aromatic rings. The van der Waals surface area contributed by atoms with E-state index in [0.29, 0.717) is 17.9 Å². The van der Waals surface area contributed by atoms with Crippen molar-refractivity contribution < 1.29 is 9.53 Å². The molecule has 2 N–H and O–H groups in total. The molecule has 0 aliphatic rings. The van der Waals surface area contributed by atoms with Crippen LogP contribution in [0.4, 0.5) is 11.8 Å². The minimum Gasteiger partial charge on any atom is -0.496 e. The fourth-order valence-electron chi connectivity index (χ4n) is 2.79. The van der Waals surface area contributed by atoms with Crippen molar-refractivity contribution in [2.24, 2.45) is 5.41 Å². The molecule has 2 rings (SSSR count). The average molecular weight is 392 g/mol. The minimum absolute atomic E-state index is 0.0113. The molecule has 8 heteroatoms. The monoisotopic (exact) mass is 391 g/mol. The fraction of sp³-hybridized carbons (Fsp3) is 0.474. The molecule has 0 saturated carbocycles. The summed E-state index contributed by atoms with van der Waals surface area (Å²) in [6.07, 6.45) is 2.06. The van der Waals surface area contributed by atoms with Crippen LogP contribution in [0, 0.1) is 19.3 Å². The highest BCUT2D eigenvalue weighted by molar-refractivity contribution is 6.29. The lowest BCUT2D eigenvalue weighted by Gasteiger charge is -2.26. The Morgan fingerprint density at radius 3 is 2.52 bits per heavy atom. The molecule has 0 spiro atoms. The molecule has 0 saturated heterocycles. The number of hydrogen-bond donors (Lipinski definition) is 1. The number of ether oxygens (including phenoxy) is 1. The molecule has 0 aliphatic carbocycles. The van der Waals surface area contributed by atoms with Crippen molar-refractivity contribution in [2.75, 3.05) is 17.7 Å². The second kappa shape index (κ2) is 8.08. The van der Waals surface area contributed by atoms with Crippen LogP contribution in [0.15, 0.2) is 12.3 Å². The van der Waals surface area contributed by atoms with Crippen LogP contribution < -0.4 is 15.4 Å². The molecule has 0 atom stereocenters. The van der Waals surface area contributed by atoms with E-state index in [1.54, 1.807) is 18.2 Å². The van der Waals surface area contributed by atoms with Gasteiger partial charge < -0.3 is 10.5 Å². The van der Waals surface area contributed by atoms with Gasteiger partial charge in [0.15, 0.2) is 0 Å². The van der Waals surface area contributed by atoms with Crippen molar-refractivity contribution in [1.29, 1.82) is 0 Å². The highest BCUT2D eigenvalue weighted by atomic mass is 35.5. The van der Waals surface area contributed by atoms with Crippen LogP contribution >= 0.6 is 11.6 Å². The molecule has 2 aromatic heterocycles. The number of nitrogens with zero attached hydrogens (tertiary/aromatic N) is 4. The maximum Gasteiger partial charge on any atom is 0.229 e. The van der Waals surface area contributed by atoms with E-state index in [-0.39, 0.29) is 29.0 Å². The van der Waals surface area contributed by atoms with Crippen LogP contribution in [0.2, 0.25) is 5.15 Å². The first kappa shape index (κ1) is 20.9. The molecule has 2 heterocycles. The Bertz CT molecular complexity index is 828. The number of nitrogens with two attached hydrogens (primary N) is 1. The smallest absolute Gasteiger partial charge is 0.229 e. The summed E-state index contributed by atoms with van der Waals surface area (Å²) >= 11 is 6.03. The lowest BCUT2D eigenvalue weighted by atomic mass is 9.91. The van der Waals surface area contributed by atoms with E-state index in [0.717, 1.165) is 16.9 Å². The number of nitrogen functional groups attached to an aromatic ring is 1. The van der Waals surface area contributed by atoms with Gasteiger partial charge in [-0.3, -0.25) is 14.7 Å². The third-order valence-electron chi connectivity index (χ3n) is 4.02. The van der Waals surface area contributed by atoms with Gasteiger partial charge in [0.1, 0.15) is 16.7 Å². The van der Waals surface area contributed by atoms with Crippen LogP contribution in [-0.4, -0.2) is 28.0 Å². The summed E-state index contributed by atoms with van der Waals surface area (Å²) in [7, 11) is 1.62. The lowest BCUT2D eigenvalue weighted by molar-refractivity contribution is -0.120. The topological polar surface area (TPSA) is 94.2 Å². The number of pyridine rings is 1. The largest absolute Gasteiger partial charge is 0.496 e. The molecule has 0 aliphatic heterocycles. The van der Waals surface area contributed by atoms with Crippen molar-refractivity contribution in [3.05, 3.63) is 34.2 Å². The Balaban J connectivity index is 2.49. The molecule has 146 valence electrons. The van der Waals surface area contributed by atoms with Gasteiger partial charge in [-0.25, -0.2) is 4.98 Å². The van der Waals surface area contributed by atoms with Crippen LogP contribution in [0.3, 0.4) is 0 Å². The standard InChI is InChI=1S/C19H26ClN5O2/c1-11-9-22-13(12(2)17(11)27-6)10-25(16(26)8-19(3,4)5)15-7-14(20)23-18(21)24-15/h7,9H,8,10H2,1-6H3,(H2,21,23,24). The van der Waals surface area contributed by atoms with Crippen molar-refractivity contribution in [3.63, 3.8) is 0 Å². The Morgan fingerprint density at radius 1 is 1.30 bits per heavy atom. The number of aryl methyl sites for hydroxylation is 1. The maximum absolute atomic E-state index is 13.0. The number of rotatable bonds is 5. The molecule has 0 unspecified atom stereocenters. The van der Waals surface area contributed by atoms with Gasteiger partial charge in [0.2, 0.25) is 11.9 Å². The first-order chi connectivity index (χ1) is 12.5. The Morgan fingerprint density at radius 2 is 1.96 bits per heavy atom. The Labute approximate surface area is 164 Å². The third kappa shape index (κ3) is 5.29. The molecule has 0 bridgehead atoms. The number of carbonyl (C=O) groups is 1. The van der Waals surface area contributed by atoms with Gasteiger partial charge in [-0.2, -0.15) is 4.98 Å². The first-order valence-electron chi connectivity index (χ1n) is 8.61. The molecule has 0 aromatic carbocycles. The van der Waals surface area contributed by atoms with Crippen LogP contribution in [0.1, 0.15) is 44.0 Å². The highest BCUT2D eigenvalue weighted by Gasteiger charge is 2.25. The molecule has 27 heavy (non-hydrogen) atoms. The van der Waals surface area contributed by atoms with Gasteiger partial charge in [-0.1, -0.05) is 32.4 Å². The van der Waals surface area contributed by atoms with Crippen LogP contribution in [-0.2, 0) is 11.3 Å². The van der Waals surface area contributed by atoms with E-state index in [1.165, 1.54) is 6.07 Å². The molecule has 7 nitrogen and oxygen atoms in total. The number of methoxy groups -OCH3 is 1. The highest BCUT2D eigenvalue weighted by Crippen LogP contribution is 2.28. The van der Waals surface area contributed by atoms with Crippen LogP contribution in [0.5, 0.6) is 5.75 Å². The normalized spacial score (nSPS) is 11.4. The quantitative estimate of drug-likeness (QED) is 0.781. The summed E-state index contributed by atoms with van der Waals surface area (Å²) in [5, 5.41) is 0.178. The molecular formula is C19H26ClN5O2. The van der Waals surface area contributed by atoms with Gasteiger partial charge in [0.05, 0.1) is 19.3 Å². The lowest BCUT2D eigenvalue weighted by Crippen LogP contribution is -2.34. The van der Waals surface area contributed by atoms with Crippen LogP contribution in [0.25, 0.3) is 0 Å². The van der Waals surface area contributed by atoms with Gasteiger partial charge in [0.25, 0.3) is 0 Å². The first-order valence-corrected chi connectivity index (χ1v) is 8.99. The second-order valence-electron chi connectivity index (χ2n) is 7.67. The Hall–Kier alpha value is -2.41. The summed E-state index contributed by atoms with van der Waals surface area (Å²) in [6.45, 7) is 10.1. The molecule has 1 amide bonds. The van der Waals surface area contributed by atoms with Crippen molar-refractivity contribution in [2.45, 2.75) is 47.6 Å². The zero-order valence-corrected chi connectivity index (χ0v) is 17.4. The van der Waals surface area contributed by atoms with E-state index < -0.39 is 0 Å². The van der Waals surface area contributed by atoms with Gasteiger partial charge >= 0.3 is 0 Å². The van der Waals surface area contributed by atoms with Crippen molar-refractivity contribution in [1.82, 2.24) is 15.0 Å². The summed E-state index contributed by atoms with van der Waals surface area (Å²) in [4.78, 5) is 27.1. The summed E-state index contributed by atoms with van der Waals surface area (Å²) in [5.41, 5.74) is 8.06. The molecule has 0 fully saturated rings. The second-order valence-corrected chi connectivity index (χ2v) is 8.06. The van der Waals surface area contributed by atoms with Crippen molar-refractivity contribution >= 4 is 29.3 Å². The fourth-order valence-corrected chi connectivity index (χ4v) is 2.97. The molecule has 0 radical (unpaired) electrons. The van der Waals surface area contributed by atoms with E-state index in [9.17, 15) is 4.79 Å². The number of carbonyl (C=O) groups excluding carboxylic acids is 1. The predicted molar refractivity (Wildman–Crippen MR) is 107 cm³/mol. The average Bonchev–Trinajstić information content (AvgIpc) is 2.52. The van der Waals surface area contributed by atoms with E-state index in [2.05, 4.69) is 15.0 Å². The number of halogens is 1. The minimum atomic E-state index is -0.189. The van der Waals surface area contributed by atoms with Gasteiger partial charge in [-0.05, 0) is 19.3 Å². The third-order valence-corrected chi connectivity index (χ3v) is 4.21. The number of aromatic nitrogens is 3. The summed E-state index contributed by atoms with van der Waals surface area (Å²) in [5.74, 6) is 1.01. The summed E-state index contributed by atoms with van der Waals surface area (Å²) < 4.78 is 5.47. The molecular weight excluding hydrogens is 366 g/mol. The van der Waals surface area contributed by atoms with E-state index >= 15 is 0 Å². The number of anilines is 2. The predicted octanol–water partition coefficient (Wildman–Crippen LogP) is 3.70. The number of hydrogen-bond acceptors (Lipinski definition) is 6. The van der Waals surface area contributed by atoms with Crippen molar-refractivity contribution in [3.8, 4) is 5.75 Å². The van der Waals surface area contributed by atoms with E-state index in [1.807, 2.05) is 34.6 Å². The van der Waals surface area contributed by atoms with Gasteiger partial charge in [0, 0.05) is 29.8 Å². The SMILES string of the molecule is COc1c(C)cnc(CN(C(=O)CC(C)(C)C)c2cc(Cl)nc(N)n2)c1C. The van der Waals surface area contributed by atoms with E-state index in [4.69, 9.17) is 22.1 Å². The number of amides is 1. The Kier molecular flexibility index (Phi) is 6.26. The zero-order chi connectivity index (χ0) is 20.4. The zero-order valence-electron chi connectivity index (χ0n) is 16.6. The maximum atomic E-state index is 13.0.